The minimum absolute atomic E-state index is 0.251. The Morgan fingerprint density at radius 1 is 1.04 bits per heavy atom. The van der Waals surface area contributed by atoms with Crippen molar-refractivity contribution in [1.82, 2.24) is 0 Å². The van der Waals surface area contributed by atoms with E-state index in [4.69, 9.17) is 21.1 Å². The van der Waals surface area contributed by atoms with Crippen molar-refractivity contribution >= 4 is 29.2 Å². The van der Waals surface area contributed by atoms with E-state index in [9.17, 15) is 9.59 Å². The van der Waals surface area contributed by atoms with Crippen molar-refractivity contribution in [1.29, 1.82) is 0 Å². The van der Waals surface area contributed by atoms with Gasteiger partial charge in [-0.3, -0.25) is 4.79 Å². The van der Waals surface area contributed by atoms with Gasteiger partial charge in [-0.05, 0) is 55.3 Å². The molecule has 0 saturated heterocycles. The molecule has 5 nitrogen and oxygen atoms in total. The number of hydrogen-bond donors (Lipinski definition) is 1. The predicted molar refractivity (Wildman–Crippen MR) is 92.5 cm³/mol. The molecule has 0 aliphatic rings. The number of benzene rings is 2. The number of hydrogen-bond acceptors (Lipinski definition) is 4. The number of anilines is 1. The molecule has 0 spiro atoms. The fraction of sp³-hybridized carbons (Fsp3) is 0.222. The second-order valence-electron chi connectivity index (χ2n) is 5.20. The Labute approximate surface area is 145 Å². The molecule has 24 heavy (non-hydrogen) atoms. The number of amides is 1. The predicted octanol–water partition coefficient (Wildman–Crippen LogP) is 3.52. The normalized spacial score (nSPS) is 10.1. The van der Waals surface area contributed by atoms with Crippen LogP contribution in [0.15, 0.2) is 42.5 Å². The van der Waals surface area contributed by atoms with E-state index in [0.717, 1.165) is 11.1 Å². The van der Waals surface area contributed by atoms with Crippen molar-refractivity contribution in [2.45, 2.75) is 13.8 Å². The lowest BCUT2D eigenvalue weighted by molar-refractivity contribution is -0.149. The van der Waals surface area contributed by atoms with E-state index in [1.807, 2.05) is 26.0 Å². The maximum Gasteiger partial charge on any atom is 0.344 e. The molecule has 1 amide bonds. The highest BCUT2D eigenvalue weighted by atomic mass is 35.5. The summed E-state index contributed by atoms with van der Waals surface area (Å²) in [6.07, 6.45) is 0. The lowest BCUT2D eigenvalue weighted by atomic mass is 10.1. The number of rotatable bonds is 6. The molecule has 6 heteroatoms. The van der Waals surface area contributed by atoms with Gasteiger partial charge in [0.2, 0.25) is 0 Å². The van der Waals surface area contributed by atoms with Crippen LogP contribution in [0.3, 0.4) is 0 Å². The topological polar surface area (TPSA) is 64.6 Å². The summed E-state index contributed by atoms with van der Waals surface area (Å²) in [4.78, 5) is 23.4. The first-order valence-corrected chi connectivity index (χ1v) is 7.73. The molecule has 1 N–H and O–H groups in total. The molecule has 0 unspecified atom stereocenters. The first kappa shape index (κ1) is 17.8. The minimum Gasteiger partial charge on any atom is -0.482 e. The molecule has 0 heterocycles. The van der Waals surface area contributed by atoms with Gasteiger partial charge in [-0.2, -0.15) is 0 Å². The van der Waals surface area contributed by atoms with Crippen molar-refractivity contribution in [2.75, 3.05) is 18.5 Å². The molecule has 0 aromatic heterocycles. The zero-order chi connectivity index (χ0) is 17.5. The summed E-state index contributed by atoms with van der Waals surface area (Å²) < 4.78 is 10.3. The Morgan fingerprint density at radius 2 is 1.75 bits per heavy atom. The summed E-state index contributed by atoms with van der Waals surface area (Å²) in [5, 5.41) is 3.17. The molecule has 0 atom stereocenters. The van der Waals surface area contributed by atoms with E-state index in [1.165, 1.54) is 0 Å². The van der Waals surface area contributed by atoms with Gasteiger partial charge >= 0.3 is 5.97 Å². The molecule has 2 rings (SSSR count). The van der Waals surface area contributed by atoms with Crippen LogP contribution in [-0.4, -0.2) is 25.1 Å². The SMILES string of the molecule is Cc1cccc(OCC(=O)OCC(=O)Nc2ccc(Cl)cc2)c1C. The maximum absolute atomic E-state index is 11.7. The molecule has 0 saturated carbocycles. The number of halogens is 1. The third-order valence-corrected chi connectivity index (χ3v) is 3.64. The van der Waals surface area contributed by atoms with E-state index in [2.05, 4.69) is 5.32 Å². The van der Waals surface area contributed by atoms with Crippen LogP contribution < -0.4 is 10.1 Å². The monoisotopic (exact) mass is 347 g/mol. The highest BCUT2D eigenvalue weighted by Crippen LogP contribution is 2.20. The molecule has 0 fully saturated rings. The van der Waals surface area contributed by atoms with Crippen molar-refractivity contribution < 1.29 is 19.1 Å². The van der Waals surface area contributed by atoms with Gasteiger partial charge in [0.15, 0.2) is 13.2 Å². The van der Waals surface area contributed by atoms with Gasteiger partial charge < -0.3 is 14.8 Å². The van der Waals surface area contributed by atoms with Gasteiger partial charge in [0.1, 0.15) is 5.75 Å². The Bertz CT molecular complexity index is 728. The number of ether oxygens (including phenoxy) is 2. The third kappa shape index (κ3) is 5.28. The van der Waals surface area contributed by atoms with Gasteiger partial charge in [0, 0.05) is 10.7 Å². The second kappa shape index (κ2) is 8.36. The van der Waals surface area contributed by atoms with E-state index in [-0.39, 0.29) is 13.2 Å². The zero-order valence-electron chi connectivity index (χ0n) is 13.5. The van der Waals surface area contributed by atoms with Gasteiger partial charge in [-0.25, -0.2) is 4.79 Å². The van der Waals surface area contributed by atoms with Gasteiger partial charge in [-0.1, -0.05) is 23.7 Å². The van der Waals surface area contributed by atoms with Gasteiger partial charge in [-0.15, -0.1) is 0 Å². The molecule has 0 aliphatic heterocycles. The van der Waals surface area contributed by atoms with Crippen LogP contribution in [0, 0.1) is 13.8 Å². The van der Waals surface area contributed by atoms with Crippen LogP contribution in [0.25, 0.3) is 0 Å². The van der Waals surface area contributed by atoms with Crippen LogP contribution >= 0.6 is 11.6 Å². The standard InChI is InChI=1S/C18H18ClNO4/c1-12-4-3-5-16(13(12)2)23-11-18(22)24-10-17(21)20-15-8-6-14(19)7-9-15/h3-9H,10-11H2,1-2H3,(H,20,21). The largest absolute Gasteiger partial charge is 0.482 e. The summed E-state index contributed by atoms with van der Waals surface area (Å²) in [7, 11) is 0. The van der Waals surface area contributed by atoms with E-state index in [0.29, 0.717) is 16.5 Å². The molecule has 0 radical (unpaired) electrons. The van der Waals surface area contributed by atoms with E-state index < -0.39 is 11.9 Å². The molecule has 2 aromatic carbocycles. The lowest BCUT2D eigenvalue weighted by Crippen LogP contribution is -2.23. The van der Waals surface area contributed by atoms with Crippen LogP contribution in [-0.2, 0) is 14.3 Å². The van der Waals surface area contributed by atoms with E-state index >= 15 is 0 Å². The van der Waals surface area contributed by atoms with Crippen LogP contribution in [0.2, 0.25) is 5.02 Å². The summed E-state index contributed by atoms with van der Waals surface area (Å²) in [6.45, 7) is 3.24. The maximum atomic E-state index is 11.7. The average Bonchev–Trinajstić information content (AvgIpc) is 2.56. The van der Waals surface area contributed by atoms with Gasteiger partial charge in [0.05, 0.1) is 0 Å². The molecular weight excluding hydrogens is 330 g/mol. The van der Waals surface area contributed by atoms with Gasteiger partial charge in [0.25, 0.3) is 5.91 Å². The molecule has 2 aromatic rings. The third-order valence-electron chi connectivity index (χ3n) is 3.39. The Balaban J connectivity index is 1.75. The number of carbonyl (C=O) groups is 2. The zero-order valence-corrected chi connectivity index (χ0v) is 14.2. The first-order chi connectivity index (χ1) is 11.5. The summed E-state index contributed by atoms with van der Waals surface area (Å²) >= 11 is 5.76. The minimum atomic E-state index is -0.609. The summed E-state index contributed by atoms with van der Waals surface area (Å²) in [5.74, 6) is -0.419. The van der Waals surface area contributed by atoms with Crippen LogP contribution in [0.1, 0.15) is 11.1 Å². The number of esters is 1. The highest BCUT2D eigenvalue weighted by Gasteiger charge is 2.10. The fourth-order valence-corrected chi connectivity index (χ4v) is 2.06. The Morgan fingerprint density at radius 3 is 2.46 bits per heavy atom. The first-order valence-electron chi connectivity index (χ1n) is 7.36. The number of carbonyl (C=O) groups excluding carboxylic acids is 2. The molecular formula is C18H18ClNO4. The smallest absolute Gasteiger partial charge is 0.344 e. The van der Waals surface area contributed by atoms with Crippen molar-refractivity contribution in [3.05, 3.63) is 58.6 Å². The van der Waals surface area contributed by atoms with Crippen LogP contribution in [0.4, 0.5) is 5.69 Å². The van der Waals surface area contributed by atoms with Crippen molar-refractivity contribution in [3.63, 3.8) is 0 Å². The number of aryl methyl sites for hydroxylation is 1. The average molecular weight is 348 g/mol. The number of nitrogens with one attached hydrogen (secondary N) is 1. The molecule has 0 bridgehead atoms. The van der Waals surface area contributed by atoms with Crippen molar-refractivity contribution in [2.24, 2.45) is 0 Å². The lowest BCUT2D eigenvalue weighted by Gasteiger charge is -2.10. The van der Waals surface area contributed by atoms with Crippen LogP contribution in [0.5, 0.6) is 5.75 Å². The highest BCUT2D eigenvalue weighted by molar-refractivity contribution is 6.30. The Kier molecular flexibility index (Phi) is 6.21. The molecule has 126 valence electrons. The molecule has 0 aliphatic carbocycles. The fourth-order valence-electron chi connectivity index (χ4n) is 1.94. The van der Waals surface area contributed by atoms with E-state index in [1.54, 1.807) is 30.3 Å². The quantitative estimate of drug-likeness (QED) is 0.812. The summed E-state index contributed by atoms with van der Waals surface area (Å²) in [5.41, 5.74) is 2.61. The van der Waals surface area contributed by atoms with Crippen molar-refractivity contribution in [3.8, 4) is 5.75 Å². The Hall–Kier alpha value is -2.53. The second-order valence-corrected chi connectivity index (χ2v) is 5.64. The summed E-state index contributed by atoms with van der Waals surface area (Å²) in [6, 6.07) is 12.2.